The predicted molar refractivity (Wildman–Crippen MR) is 108 cm³/mol. The molecule has 0 bridgehead atoms. The smallest absolute Gasteiger partial charge is 0.327 e. The van der Waals surface area contributed by atoms with E-state index in [1.54, 1.807) is 30.3 Å². The summed E-state index contributed by atoms with van der Waals surface area (Å²) in [6.45, 7) is 0. The Hall–Kier alpha value is -1.46. The van der Waals surface area contributed by atoms with Gasteiger partial charge in [0.15, 0.2) is 0 Å². The molecular formula is C19H15Cl4NO3. The van der Waals surface area contributed by atoms with Crippen LogP contribution in [0.3, 0.4) is 0 Å². The molecule has 0 unspecified atom stereocenters. The normalized spacial score (nSPS) is 14.7. The maximum Gasteiger partial charge on any atom is 0.327 e. The van der Waals surface area contributed by atoms with Gasteiger partial charge in [0.25, 0.3) is 0 Å². The number of rotatable bonds is 6. The number of carbonyl (C=O) groups excluding carboxylic acids is 1. The first-order chi connectivity index (χ1) is 12.8. The molecule has 1 saturated carbocycles. The minimum atomic E-state index is -1.17. The van der Waals surface area contributed by atoms with E-state index in [0.29, 0.717) is 26.3 Å². The van der Waals surface area contributed by atoms with Gasteiger partial charge in [-0.1, -0.05) is 52.5 Å². The molecule has 0 aromatic heterocycles. The molecule has 1 atom stereocenters. The number of anilines is 1. The van der Waals surface area contributed by atoms with Gasteiger partial charge in [-0.3, -0.25) is 9.69 Å². The number of benzene rings is 2. The van der Waals surface area contributed by atoms with Gasteiger partial charge >= 0.3 is 5.97 Å². The molecule has 1 aliphatic rings. The van der Waals surface area contributed by atoms with Crippen molar-refractivity contribution >= 4 is 64.0 Å². The number of nitrogens with zero attached hydrogens (tertiary/aromatic N) is 1. The van der Waals surface area contributed by atoms with E-state index in [9.17, 15) is 14.7 Å². The Balaban J connectivity index is 2.03. The summed E-state index contributed by atoms with van der Waals surface area (Å²) >= 11 is 24.4. The average Bonchev–Trinajstić information content (AvgIpc) is 3.42. The molecule has 1 aliphatic carbocycles. The van der Waals surface area contributed by atoms with Crippen LogP contribution >= 0.6 is 46.4 Å². The molecule has 4 nitrogen and oxygen atoms in total. The zero-order valence-electron chi connectivity index (χ0n) is 14.0. The highest BCUT2D eigenvalue weighted by atomic mass is 35.5. The second-order valence-corrected chi connectivity index (χ2v) is 8.06. The van der Waals surface area contributed by atoms with Crippen LogP contribution in [0, 0.1) is 5.92 Å². The lowest BCUT2D eigenvalue weighted by atomic mass is 10.0. The average molecular weight is 447 g/mol. The number of carbonyl (C=O) groups is 2. The number of hydrogen-bond donors (Lipinski definition) is 1. The molecule has 142 valence electrons. The van der Waals surface area contributed by atoms with E-state index < -0.39 is 12.0 Å². The van der Waals surface area contributed by atoms with Gasteiger partial charge in [0.05, 0.1) is 10.7 Å². The van der Waals surface area contributed by atoms with E-state index in [0.717, 1.165) is 12.8 Å². The molecule has 1 N–H and O–H groups in total. The third-order valence-corrected chi connectivity index (χ3v) is 5.48. The van der Waals surface area contributed by atoms with Crippen LogP contribution in [0.25, 0.3) is 0 Å². The Bertz CT molecular complexity index is 899. The summed E-state index contributed by atoms with van der Waals surface area (Å²) in [6.07, 6.45) is 1.48. The number of aliphatic carboxylic acids is 1. The largest absolute Gasteiger partial charge is 0.480 e. The summed E-state index contributed by atoms with van der Waals surface area (Å²) < 4.78 is 0. The first kappa shape index (κ1) is 20.3. The third-order valence-electron chi connectivity index (χ3n) is 4.36. The van der Waals surface area contributed by atoms with Crippen molar-refractivity contribution in [3.63, 3.8) is 0 Å². The zero-order chi connectivity index (χ0) is 19.7. The lowest BCUT2D eigenvalue weighted by molar-refractivity contribution is -0.140. The van der Waals surface area contributed by atoms with E-state index in [1.165, 1.54) is 11.0 Å². The van der Waals surface area contributed by atoms with E-state index >= 15 is 0 Å². The topological polar surface area (TPSA) is 57.6 Å². The molecule has 0 spiro atoms. The Morgan fingerprint density at radius 1 is 1.00 bits per heavy atom. The molecule has 0 heterocycles. The van der Waals surface area contributed by atoms with Crippen molar-refractivity contribution in [3.8, 4) is 0 Å². The van der Waals surface area contributed by atoms with Crippen molar-refractivity contribution in [2.24, 2.45) is 5.92 Å². The van der Waals surface area contributed by atoms with Crippen molar-refractivity contribution in [2.45, 2.75) is 25.3 Å². The Labute approximate surface area is 176 Å². The fourth-order valence-corrected chi connectivity index (χ4v) is 3.81. The summed E-state index contributed by atoms with van der Waals surface area (Å²) in [6, 6.07) is 8.28. The Morgan fingerprint density at radius 3 is 2.11 bits per heavy atom. The van der Waals surface area contributed by atoms with E-state index in [4.69, 9.17) is 46.4 Å². The number of amides is 1. The van der Waals surface area contributed by atoms with Crippen molar-refractivity contribution < 1.29 is 14.7 Å². The van der Waals surface area contributed by atoms with Crippen LogP contribution in [-0.2, 0) is 16.0 Å². The minimum Gasteiger partial charge on any atom is -0.480 e. The number of halogens is 4. The number of carboxylic acid groups (broad SMARTS) is 1. The lowest BCUT2D eigenvalue weighted by Crippen LogP contribution is -2.47. The van der Waals surface area contributed by atoms with Crippen LogP contribution < -0.4 is 4.90 Å². The van der Waals surface area contributed by atoms with Crippen LogP contribution in [0.4, 0.5) is 5.69 Å². The maximum absolute atomic E-state index is 12.9. The van der Waals surface area contributed by atoms with Crippen molar-refractivity contribution in [1.29, 1.82) is 0 Å². The molecule has 1 fully saturated rings. The first-order valence-electron chi connectivity index (χ1n) is 8.22. The molecule has 1 amide bonds. The molecule has 8 heteroatoms. The number of hydrogen-bond acceptors (Lipinski definition) is 2. The Morgan fingerprint density at radius 2 is 1.59 bits per heavy atom. The first-order valence-corrected chi connectivity index (χ1v) is 9.74. The molecule has 2 aromatic carbocycles. The fraction of sp³-hybridized carbons (Fsp3) is 0.263. The van der Waals surface area contributed by atoms with Crippen LogP contribution in [0.15, 0.2) is 36.4 Å². The van der Waals surface area contributed by atoms with Crippen LogP contribution in [0.1, 0.15) is 18.4 Å². The van der Waals surface area contributed by atoms with Gasteiger partial charge in [0, 0.05) is 27.4 Å². The molecule has 0 aliphatic heterocycles. The highest BCUT2D eigenvalue weighted by Gasteiger charge is 2.40. The van der Waals surface area contributed by atoms with Crippen LogP contribution in [0.2, 0.25) is 20.1 Å². The third kappa shape index (κ3) is 4.69. The standard InChI is InChI=1S/C19H15Cl4NO3/c20-12-4-3-11(14(22)8-12)7-17(19(26)27)24(18(25)10-1-2-10)16-6-5-13(21)9-15(16)23/h3-6,8-10,17H,1-2,7H2,(H,26,27)/t17-/m0/s1. The van der Waals surface area contributed by atoms with Gasteiger partial charge in [-0.25, -0.2) is 4.79 Å². The van der Waals surface area contributed by atoms with Crippen LogP contribution in [-0.4, -0.2) is 23.0 Å². The van der Waals surface area contributed by atoms with E-state index in [-0.39, 0.29) is 23.3 Å². The van der Waals surface area contributed by atoms with Gasteiger partial charge in [0.1, 0.15) is 6.04 Å². The van der Waals surface area contributed by atoms with Crippen molar-refractivity contribution in [2.75, 3.05) is 4.90 Å². The molecule has 0 radical (unpaired) electrons. The second-order valence-electron chi connectivity index (χ2n) is 6.37. The van der Waals surface area contributed by atoms with Gasteiger partial charge in [-0.05, 0) is 48.7 Å². The van der Waals surface area contributed by atoms with Crippen molar-refractivity contribution in [3.05, 3.63) is 62.1 Å². The summed E-state index contributed by atoms with van der Waals surface area (Å²) in [5, 5.41) is 11.3. The molecule has 3 rings (SSSR count). The van der Waals surface area contributed by atoms with Crippen LogP contribution in [0.5, 0.6) is 0 Å². The van der Waals surface area contributed by atoms with Crippen molar-refractivity contribution in [1.82, 2.24) is 0 Å². The van der Waals surface area contributed by atoms with Gasteiger partial charge in [-0.15, -0.1) is 0 Å². The molecule has 27 heavy (non-hydrogen) atoms. The quantitative estimate of drug-likeness (QED) is 0.615. The molecule has 2 aromatic rings. The van der Waals surface area contributed by atoms with Gasteiger partial charge in [0.2, 0.25) is 5.91 Å². The van der Waals surface area contributed by atoms with Gasteiger partial charge < -0.3 is 5.11 Å². The Kier molecular flexibility index (Phi) is 6.21. The summed E-state index contributed by atoms with van der Waals surface area (Å²) in [5.41, 5.74) is 0.891. The predicted octanol–water partition coefficient (Wildman–Crippen LogP) is 5.74. The molecular weight excluding hydrogens is 432 g/mol. The zero-order valence-corrected chi connectivity index (χ0v) is 17.0. The lowest BCUT2D eigenvalue weighted by Gasteiger charge is -2.30. The van der Waals surface area contributed by atoms with Gasteiger partial charge in [-0.2, -0.15) is 0 Å². The minimum absolute atomic E-state index is 0.0166. The highest BCUT2D eigenvalue weighted by molar-refractivity contribution is 6.37. The maximum atomic E-state index is 12.9. The monoisotopic (exact) mass is 445 g/mol. The fourth-order valence-electron chi connectivity index (χ4n) is 2.83. The molecule has 0 saturated heterocycles. The summed E-state index contributed by atoms with van der Waals surface area (Å²) in [5.74, 6) is -1.61. The summed E-state index contributed by atoms with van der Waals surface area (Å²) in [7, 11) is 0. The summed E-state index contributed by atoms with van der Waals surface area (Å²) in [4.78, 5) is 26.3. The number of carboxylic acids is 1. The van der Waals surface area contributed by atoms with E-state index in [2.05, 4.69) is 0 Å². The second kappa shape index (κ2) is 8.27. The highest BCUT2D eigenvalue weighted by Crippen LogP contribution is 2.38. The SMILES string of the molecule is O=C(O)[C@H](Cc1ccc(Cl)cc1Cl)N(C(=O)C1CC1)c1ccc(Cl)cc1Cl. The van der Waals surface area contributed by atoms with E-state index in [1.807, 2.05) is 0 Å².